The van der Waals surface area contributed by atoms with Crippen molar-refractivity contribution >= 4 is 5.91 Å². The van der Waals surface area contributed by atoms with Crippen LogP contribution in [-0.2, 0) is 4.79 Å². The number of carbonyl (C=O) groups excluding carboxylic acids is 1. The maximum Gasteiger partial charge on any atom is 0.220 e. The number of aliphatic hydroxyl groups excluding tert-OH is 2. The highest BCUT2D eigenvalue weighted by atomic mass is 16.3. The largest absolute Gasteiger partial charge is 0.394 e. The van der Waals surface area contributed by atoms with Crippen molar-refractivity contribution in [1.29, 1.82) is 0 Å². The van der Waals surface area contributed by atoms with Gasteiger partial charge in [-0.25, -0.2) is 0 Å². The molecule has 0 radical (unpaired) electrons. The Hall–Kier alpha value is -0.870. The lowest BCUT2D eigenvalue weighted by molar-refractivity contribution is -0.123. The Morgan fingerprint density at radius 3 is 0.902 bits per heavy atom. The third-order valence-electron chi connectivity index (χ3n) is 13.5. The van der Waals surface area contributed by atoms with Gasteiger partial charge in [0, 0.05) is 6.42 Å². The Bertz CT molecular complexity index is 844. The first-order valence-electron chi connectivity index (χ1n) is 28.4. The third kappa shape index (κ3) is 50.0. The minimum Gasteiger partial charge on any atom is -0.394 e. The summed E-state index contributed by atoms with van der Waals surface area (Å²) < 4.78 is 0. The van der Waals surface area contributed by atoms with Crippen LogP contribution in [0, 0.1) is 0 Å². The van der Waals surface area contributed by atoms with Crippen molar-refractivity contribution < 1.29 is 15.0 Å². The van der Waals surface area contributed by atoms with Crippen LogP contribution in [0.4, 0.5) is 0 Å². The topological polar surface area (TPSA) is 69.6 Å². The van der Waals surface area contributed by atoms with Crippen LogP contribution in [0.2, 0.25) is 0 Å². The molecule has 4 heteroatoms. The number of amides is 1. The number of unbranched alkanes of at least 4 members (excludes halogenated alkanes) is 44. The molecule has 1 amide bonds. The first-order chi connectivity index (χ1) is 30.2. The van der Waals surface area contributed by atoms with Crippen LogP contribution in [0.5, 0.6) is 0 Å². The van der Waals surface area contributed by atoms with Gasteiger partial charge in [0.15, 0.2) is 0 Å². The number of hydrogen-bond donors (Lipinski definition) is 3. The molecule has 0 aliphatic rings. The van der Waals surface area contributed by atoms with E-state index in [2.05, 4.69) is 31.3 Å². The molecule has 0 heterocycles. The zero-order chi connectivity index (χ0) is 44.2. The van der Waals surface area contributed by atoms with E-state index in [-0.39, 0.29) is 12.5 Å². The van der Waals surface area contributed by atoms with Gasteiger partial charge < -0.3 is 15.5 Å². The molecule has 0 saturated heterocycles. The standard InChI is InChI=1S/C57H113NO3/c1-3-5-7-9-11-13-15-16-17-18-19-20-21-22-23-24-25-26-27-28-29-30-31-32-33-34-35-36-37-38-39-40-41-42-43-45-47-49-51-53-57(61)58-55(54-59)56(60)52-50-48-46-44-14-12-10-8-6-4-2/h28-29,55-56,59-60H,3-27,30-54H2,1-2H3,(H,58,61)/b29-28-. The summed E-state index contributed by atoms with van der Waals surface area (Å²) >= 11 is 0. The quantitative estimate of drug-likeness (QED) is 0.0421. The third-order valence-corrected chi connectivity index (χ3v) is 13.5. The van der Waals surface area contributed by atoms with E-state index >= 15 is 0 Å². The predicted molar refractivity (Wildman–Crippen MR) is 272 cm³/mol. The van der Waals surface area contributed by atoms with E-state index in [1.807, 2.05) is 0 Å². The maximum absolute atomic E-state index is 12.4. The maximum atomic E-state index is 12.4. The summed E-state index contributed by atoms with van der Waals surface area (Å²) in [6.07, 6.45) is 69.5. The summed E-state index contributed by atoms with van der Waals surface area (Å²) in [4.78, 5) is 12.4. The molecule has 2 atom stereocenters. The average molecular weight is 861 g/mol. The Kier molecular flexibility index (Phi) is 52.7. The highest BCUT2D eigenvalue weighted by Gasteiger charge is 2.20. The second-order valence-electron chi connectivity index (χ2n) is 19.7. The van der Waals surface area contributed by atoms with Gasteiger partial charge in [-0.3, -0.25) is 4.79 Å². The first-order valence-corrected chi connectivity index (χ1v) is 28.4. The van der Waals surface area contributed by atoms with Gasteiger partial charge in [0.05, 0.1) is 18.8 Å². The van der Waals surface area contributed by atoms with Gasteiger partial charge in [-0.05, 0) is 38.5 Å². The minimum atomic E-state index is -0.654. The molecule has 0 bridgehead atoms. The number of nitrogens with one attached hydrogen (secondary N) is 1. The molecule has 0 rings (SSSR count). The van der Waals surface area contributed by atoms with Crippen LogP contribution in [0.15, 0.2) is 12.2 Å². The fraction of sp³-hybridized carbons (Fsp3) is 0.947. The number of rotatable bonds is 53. The normalized spacial score (nSPS) is 12.8. The number of aliphatic hydroxyl groups is 2. The van der Waals surface area contributed by atoms with Gasteiger partial charge in [0.1, 0.15) is 0 Å². The van der Waals surface area contributed by atoms with Crippen molar-refractivity contribution in [2.45, 2.75) is 341 Å². The van der Waals surface area contributed by atoms with E-state index in [1.165, 1.54) is 276 Å². The highest BCUT2D eigenvalue weighted by molar-refractivity contribution is 5.76. The molecule has 0 saturated carbocycles. The molecule has 0 fully saturated rings. The molecular weight excluding hydrogens is 747 g/mol. The monoisotopic (exact) mass is 860 g/mol. The predicted octanol–water partition coefficient (Wildman–Crippen LogP) is 18.5. The Morgan fingerprint density at radius 2 is 0.623 bits per heavy atom. The van der Waals surface area contributed by atoms with Crippen molar-refractivity contribution in [3.8, 4) is 0 Å². The van der Waals surface area contributed by atoms with Crippen molar-refractivity contribution in [1.82, 2.24) is 5.32 Å². The smallest absolute Gasteiger partial charge is 0.220 e. The second kappa shape index (κ2) is 53.5. The lowest BCUT2D eigenvalue weighted by Gasteiger charge is -2.22. The Balaban J connectivity index is 3.32. The molecule has 0 aliphatic carbocycles. The van der Waals surface area contributed by atoms with Crippen LogP contribution < -0.4 is 5.32 Å². The fourth-order valence-corrected chi connectivity index (χ4v) is 9.18. The summed E-state index contributed by atoms with van der Waals surface area (Å²) in [7, 11) is 0. The Labute approximate surface area is 384 Å². The van der Waals surface area contributed by atoms with Gasteiger partial charge in [-0.15, -0.1) is 0 Å². The van der Waals surface area contributed by atoms with E-state index in [0.29, 0.717) is 12.8 Å². The molecule has 2 unspecified atom stereocenters. The Morgan fingerprint density at radius 1 is 0.377 bits per heavy atom. The lowest BCUT2D eigenvalue weighted by atomic mass is 10.0. The summed E-state index contributed by atoms with van der Waals surface area (Å²) in [5, 5.41) is 23.1. The summed E-state index contributed by atoms with van der Waals surface area (Å²) in [6.45, 7) is 4.37. The molecule has 61 heavy (non-hydrogen) atoms. The lowest BCUT2D eigenvalue weighted by Crippen LogP contribution is -2.45. The zero-order valence-electron chi connectivity index (χ0n) is 42.0. The number of hydrogen-bond acceptors (Lipinski definition) is 3. The highest BCUT2D eigenvalue weighted by Crippen LogP contribution is 2.18. The van der Waals surface area contributed by atoms with Crippen LogP contribution in [0.1, 0.15) is 328 Å². The molecule has 364 valence electrons. The number of allylic oxidation sites excluding steroid dienone is 2. The van der Waals surface area contributed by atoms with E-state index in [0.717, 1.165) is 25.7 Å². The van der Waals surface area contributed by atoms with Crippen molar-refractivity contribution in [2.24, 2.45) is 0 Å². The summed E-state index contributed by atoms with van der Waals surface area (Å²) in [5.41, 5.74) is 0. The van der Waals surface area contributed by atoms with Crippen LogP contribution in [-0.4, -0.2) is 34.9 Å². The van der Waals surface area contributed by atoms with Gasteiger partial charge in [-0.2, -0.15) is 0 Å². The van der Waals surface area contributed by atoms with E-state index in [4.69, 9.17) is 0 Å². The van der Waals surface area contributed by atoms with Crippen LogP contribution in [0.3, 0.4) is 0 Å². The molecular formula is C57H113NO3. The summed E-state index contributed by atoms with van der Waals surface area (Å²) in [6, 6.07) is -0.531. The second-order valence-corrected chi connectivity index (χ2v) is 19.7. The van der Waals surface area contributed by atoms with E-state index in [9.17, 15) is 15.0 Å². The SMILES string of the molecule is CCCCCCCCCCCCCCCCCCCC/C=C\CCCCCCCCCCCCCCCCCCCC(=O)NC(CO)C(O)CCCCCCCCCCCC. The van der Waals surface area contributed by atoms with Crippen molar-refractivity contribution in [3.63, 3.8) is 0 Å². The zero-order valence-corrected chi connectivity index (χ0v) is 42.0. The molecule has 0 spiro atoms. The van der Waals surface area contributed by atoms with Crippen molar-refractivity contribution in [2.75, 3.05) is 6.61 Å². The molecule has 0 aromatic rings. The minimum absolute atomic E-state index is 0.0274. The molecule has 0 aromatic carbocycles. The van der Waals surface area contributed by atoms with Gasteiger partial charge in [0.25, 0.3) is 0 Å². The van der Waals surface area contributed by atoms with Gasteiger partial charge in [-0.1, -0.05) is 296 Å². The fourth-order valence-electron chi connectivity index (χ4n) is 9.18. The van der Waals surface area contributed by atoms with Crippen molar-refractivity contribution in [3.05, 3.63) is 12.2 Å². The van der Waals surface area contributed by atoms with Gasteiger partial charge >= 0.3 is 0 Å². The summed E-state index contributed by atoms with van der Waals surface area (Å²) in [5.74, 6) is -0.0274. The van der Waals surface area contributed by atoms with E-state index < -0.39 is 12.1 Å². The number of carbonyl (C=O) groups is 1. The van der Waals surface area contributed by atoms with Crippen LogP contribution >= 0.6 is 0 Å². The molecule has 3 N–H and O–H groups in total. The first kappa shape index (κ1) is 60.1. The van der Waals surface area contributed by atoms with E-state index in [1.54, 1.807) is 0 Å². The molecule has 0 aromatic heterocycles. The molecule has 0 aliphatic heterocycles. The van der Waals surface area contributed by atoms with Crippen LogP contribution in [0.25, 0.3) is 0 Å². The molecule has 4 nitrogen and oxygen atoms in total. The van der Waals surface area contributed by atoms with Gasteiger partial charge in [0.2, 0.25) is 5.91 Å². The average Bonchev–Trinajstić information content (AvgIpc) is 3.26.